The number of aromatic nitrogens is 4. The van der Waals surface area contributed by atoms with Gasteiger partial charge >= 0.3 is 0 Å². The molecule has 3 aromatic rings. The summed E-state index contributed by atoms with van der Waals surface area (Å²) in [6.07, 6.45) is 1.42. The van der Waals surface area contributed by atoms with Crippen LogP contribution in [0.15, 0.2) is 28.5 Å². The highest BCUT2D eigenvalue weighted by atomic mass is 127. The molecule has 2 aromatic heterocycles. The number of anilines is 1. The minimum atomic E-state index is -0.455. The standard InChI is InChI=1S/C19H21IN6O3S/c1-19(2,3)17(27)22-4-5-26-16-14(15(21)23-8-24-16)25-18(26)30-13-7-12-11(6-10(13)20)28-9-29-12/h6-8H,4-5,9H2,1-3H3,(H,22,27)(H2,21,23,24). The molecule has 0 radical (unpaired) electrons. The van der Waals surface area contributed by atoms with E-state index in [-0.39, 0.29) is 12.7 Å². The monoisotopic (exact) mass is 540 g/mol. The molecule has 30 heavy (non-hydrogen) atoms. The molecule has 3 N–H and O–H groups in total. The number of imidazole rings is 1. The van der Waals surface area contributed by atoms with E-state index in [1.807, 2.05) is 37.5 Å². The third kappa shape index (κ3) is 4.13. The maximum atomic E-state index is 12.2. The fraction of sp³-hybridized carbons (Fsp3) is 0.368. The van der Waals surface area contributed by atoms with E-state index in [2.05, 4.69) is 42.9 Å². The second-order valence-corrected chi connectivity index (χ2v) is 9.89. The van der Waals surface area contributed by atoms with E-state index in [0.717, 1.165) is 14.2 Å². The van der Waals surface area contributed by atoms with Crippen LogP contribution in [0.4, 0.5) is 5.82 Å². The number of hydrogen-bond donors (Lipinski definition) is 2. The van der Waals surface area contributed by atoms with E-state index < -0.39 is 5.41 Å². The summed E-state index contributed by atoms with van der Waals surface area (Å²) in [5.74, 6) is 1.75. The van der Waals surface area contributed by atoms with Crippen LogP contribution >= 0.6 is 34.4 Å². The Morgan fingerprint density at radius 2 is 2.03 bits per heavy atom. The van der Waals surface area contributed by atoms with Gasteiger partial charge in [-0.05, 0) is 34.7 Å². The van der Waals surface area contributed by atoms with Gasteiger partial charge in [0.1, 0.15) is 6.33 Å². The molecule has 3 heterocycles. The molecular weight excluding hydrogens is 519 g/mol. The number of nitrogen functional groups attached to an aromatic ring is 1. The van der Waals surface area contributed by atoms with Gasteiger partial charge in [-0.2, -0.15) is 0 Å². The predicted octanol–water partition coefficient (Wildman–Crippen LogP) is 3.06. The van der Waals surface area contributed by atoms with Crippen molar-refractivity contribution >= 4 is 57.2 Å². The molecule has 11 heteroatoms. The fourth-order valence-electron chi connectivity index (χ4n) is 2.83. The highest BCUT2D eigenvalue weighted by Gasteiger charge is 2.23. The molecule has 0 saturated heterocycles. The van der Waals surface area contributed by atoms with Gasteiger partial charge in [-0.15, -0.1) is 0 Å². The van der Waals surface area contributed by atoms with Crippen LogP contribution in [0.3, 0.4) is 0 Å². The van der Waals surface area contributed by atoms with Crippen molar-refractivity contribution in [2.75, 3.05) is 19.1 Å². The van der Waals surface area contributed by atoms with Crippen molar-refractivity contribution in [2.45, 2.75) is 37.4 Å². The molecule has 1 aliphatic rings. The van der Waals surface area contributed by atoms with Crippen LogP contribution in [0.25, 0.3) is 11.2 Å². The topological polar surface area (TPSA) is 117 Å². The first-order valence-electron chi connectivity index (χ1n) is 9.26. The van der Waals surface area contributed by atoms with Crippen molar-refractivity contribution in [1.29, 1.82) is 0 Å². The van der Waals surface area contributed by atoms with Gasteiger partial charge in [0.25, 0.3) is 0 Å². The Bertz CT molecular complexity index is 1130. The maximum absolute atomic E-state index is 12.2. The van der Waals surface area contributed by atoms with Crippen molar-refractivity contribution in [3.8, 4) is 11.5 Å². The number of nitrogens with two attached hydrogens (primary N) is 1. The lowest BCUT2D eigenvalue weighted by Crippen LogP contribution is -2.36. The van der Waals surface area contributed by atoms with Gasteiger partial charge in [0, 0.05) is 27.0 Å². The van der Waals surface area contributed by atoms with Crippen LogP contribution in [-0.4, -0.2) is 38.8 Å². The number of nitrogens with zero attached hydrogens (tertiary/aromatic N) is 4. The number of ether oxygens (including phenoxy) is 2. The molecule has 0 atom stereocenters. The van der Waals surface area contributed by atoms with Crippen LogP contribution in [0.5, 0.6) is 11.5 Å². The summed E-state index contributed by atoms with van der Waals surface area (Å²) in [5.41, 5.74) is 6.74. The molecule has 0 fully saturated rings. The van der Waals surface area contributed by atoms with Gasteiger partial charge in [-0.3, -0.25) is 4.79 Å². The van der Waals surface area contributed by atoms with Crippen LogP contribution in [0.2, 0.25) is 0 Å². The van der Waals surface area contributed by atoms with E-state index in [1.54, 1.807) is 0 Å². The van der Waals surface area contributed by atoms with Crippen LogP contribution in [-0.2, 0) is 11.3 Å². The molecular formula is C19H21IN6O3S. The molecule has 9 nitrogen and oxygen atoms in total. The van der Waals surface area contributed by atoms with Crippen LogP contribution in [0.1, 0.15) is 20.8 Å². The maximum Gasteiger partial charge on any atom is 0.231 e. The molecule has 1 aliphatic heterocycles. The summed E-state index contributed by atoms with van der Waals surface area (Å²) in [5, 5.41) is 3.67. The van der Waals surface area contributed by atoms with E-state index in [0.29, 0.717) is 41.0 Å². The first-order chi connectivity index (χ1) is 14.2. The molecule has 0 bridgehead atoms. The van der Waals surface area contributed by atoms with Crippen molar-refractivity contribution in [3.63, 3.8) is 0 Å². The second kappa shape index (κ2) is 8.10. The molecule has 0 unspecified atom stereocenters. The smallest absolute Gasteiger partial charge is 0.231 e. The number of amides is 1. The Hall–Kier alpha value is -2.28. The number of hydrogen-bond acceptors (Lipinski definition) is 8. The summed E-state index contributed by atoms with van der Waals surface area (Å²) in [6.45, 7) is 6.80. The number of benzene rings is 1. The Labute approximate surface area is 191 Å². The van der Waals surface area contributed by atoms with Gasteiger partial charge in [0.05, 0.1) is 0 Å². The zero-order valence-electron chi connectivity index (χ0n) is 16.7. The summed E-state index contributed by atoms with van der Waals surface area (Å²) >= 11 is 3.74. The quantitative estimate of drug-likeness (QED) is 0.475. The van der Waals surface area contributed by atoms with Gasteiger partial charge < -0.3 is 25.1 Å². The fourth-order valence-corrected chi connectivity index (χ4v) is 4.55. The molecule has 1 aromatic carbocycles. The lowest BCUT2D eigenvalue weighted by molar-refractivity contribution is -0.128. The largest absolute Gasteiger partial charge is 0.454 e. The Balaban J connectivity index is 1.65. The van der Waals surface area contributed by atoms with Gasteiger partial charge in [0.15, 0.2) is 33.6 Å². The Morgan fingerprint density at radius 1 is 1.30 bits per heavy atom. The lowest BCUT2D eigenvalue weighted by Gasteiger charge is -2.18. The van der Waals surface area contributed by atoms with E-state index in [9.17, 15) is 4.79 Å². The molecule has 0 saturated carbocycles. The molecule has 1 amide bonds. The third-order valence-corrected chi connectivity index (χ3v) is 6.77. The highest BCUT2D eigenvalue weighted by molar-refractivity contribution is 14.1. The highest BCUT2D eigenvalue weighted by Crippen LogP contribution is 2.41. The number of nitrogens with one attached hydrogen (secondary N) is 1. The molecule has 0 spiro atoms. The number of fused-ring (bicyclic) bond motifs is 2. The predicted molar refractivity (Wildman–Crippen MR) is 122 cm³/mol. The molecule has 4 rings (SSSR count). The number of rotatable bonds is 5. The number of carbonyl (C=O) groups excluding carboxylic acids is 1. The Morgan fingerprint density at radius 3 is 2.77 bits per heavy atom. The second-order valence-electron chi connectivity index (χ2n) is 7.72. The van der Waals surface area contributed by atoms with Crippen LogP contribution < -0.4 is 20.5 Å². The Kier molecular flexibility index (Phi) is 5.66. The van der Waals surface area contributed by atoms with E-state index in [4.69, 9.17) is 15.2 Å². The van der Waals surface area contributed by atoms with Crippen molar-refractivity contribution in [2.24, 2.45) is 5.41 Å². The summed E-state index contributed by atoms with van der Waals surface area (Å²) in [6, 6.07) is 3.88. The molecule has 0 aliphatic carbocycles. The number of halogens is 1. The first-order valence-corrected chi connectivity index (χ1v) is 11.2. The average Bonchev–Trinajstić information content (AvgIpc) is 3.26. The first kappa shape index (κ1) is 21.0. The summed E-state index contributed by atoms with van der Waals surface area (Å²) in [7, 11) is 0. The normalized spacial score (nSPS) is 13.1. The van der Waals surface area contributed by atoms with Gasteiger partial charge in [-0.1, -0.05) is 32.5 Å². The summed E-state index contributed by atoms with van der Waals surface area (Å²) < 4.78 is 13.9. The molecule has 158 valence electrons. The minimum absolute atomic E-state index is 0.0133. The summed E-state index contributed by atoms with van der Waals surface area (Å²) in [4.78, 5) is 26.3. The van der Waals surface area contributed by atoms with Crippen molar-refractivity contribution in [1.82, 2.24) is 24.8 Å². The SMILES string of the molecule is CC(C)(C)C(=O)NCCn1c(Sc2cc3c(cc2I)OCO3)nc2c(N)ncnc21. The van der Waals surface area contributed by atoms with E-state index in [1.165, 1.54) is 18.1 Å². The van der Waals surface area contributed by atoms with Gasteiger partial charge in [-0.25, -0.2) is 15.0 Å². The zero-order chi connectivity index (χ0) is 21.5. The van der Waals surface area contributed by atoms with Gasteiger partial charge in [0.2, 0.25) is 12.7 Å². The zero-order valence-corrected chi connectivity index (χ0v) is 19.7. The van der Waals surface area contributed by atoms with Crippen molar-refractivity contribution in [3.05, 3.63) is 22.0 Å². The van der Waals surface area contributed by atoms with Crippen molar-refractivity contribution < 1.29 is 14.3 Å². The van der Waals surface area contributed by atoms with Crippen LogP contribution in [0, 0.1) is 8.99 Å². The number of carbonyl (C=O) groups is 1. The minimum Gasteiger partial charge on any atom is -0.454 e. The average molecular weight is 540 g/mol. The third-order valence-electron chi connectivity index (χ3n) is 4.46. The van der Waals surface area contributed by atoms with E-state index >= 15 is 0 Å². The lowest BCUT2D eigenvalue weighted by atomic mass is 9.96.